The van der Waals surface area contributed by atoms with E-state index >= 15 is 0 Å². The first-order valence-electron chi connectivity index (χ1n) is 7.96. The van der Waals surface area contributed by atoms with Gasteiger partial charge in [-0.2, -0.15) is 0 Å². The van der Waals surface area contributed by atoms with Crippen molar-refractivity contribution in [1.82, 2.24) is 0 Å². The van der Waals surface area contributed by atoms with Crippen molar-refractivity contribution in [3.05, 3.63) is 64.7 Å². The highest BCUT2D eigenvalue weighted by atomic mass is 35.5. The van der Waals surface area contributed by atoms with E-state index in [0.29, 0.717) is 12.2 Å². The average Bonchev–Trinajstić information content (AvgIpc) is 2.62. The first-order valence-corrected chi connectivity index (χ1v) is 8.34. The lowest BCUT2D eigenvalue weighted by atomic mass is 9.82. The third kappa shape index (κ3) is 2.59. The summed E-state index contributed by atoms with van der Waals surface area (Å²) >= 11 is 6.17. The quantitative estimate of drug-likeness (QED) is 0.703. The Morgan fingerprint density at radius 3 is 2.80 bits per heavy atom. The first kappa shape index (κ1) is 15.8. The lowest BCUT2D eigenvalue weighted by Crippen LogP contribution is -2.23. The number of amides is 1. The zero-order chi connectivity index (χ0) is 17.6. The van der Waals surface area contributed by atoms with E-state index in [0.717, 1.165) is 27.6 Å². The summed E-state index contributed by atoms with van der Waals surface area (Å²) < 4.78 is 5.22. The van der Waals surface area contributed by atoms with E-state index in [2.05, 4.69) is 11.4 Å². The Kier molecular flexibility index (Phi) is 3.77. The molecule has 2 N–H and O–H groups in total. The molecule has 0 saturated carbocycles. The Labute approximate surface area is 150 Å². The van der Waals surface area contributed by atoms with E-state index in [-0.39, 0.29) is 22.6 Å². The van der Waals surface area contributed by atoms with Crippen molar-refractivity contribution in [3.8, 4) is 11.5 Å². The molecule has 4 nitrogen and oxygen atoms in total. The predicted octanol–water partition coefficient (Wildman–Crippen LogP) is 4.68. The highest BCUT2D eigenvalue weighted by molar-refractivity contribution is 6.32. The molecule has 1 amide bonds. The number of rotatable bonds is 2. The maximum Gasteiger partial charge on any atom is 0.225 e. The van der Waals surface area contributed by atoms with Crippen LogP contribution in [0.1, 0.15) is 23.5 Å². The summed E-state index contributed by atoms with van der Waals surface area (Å²) in [5.41, 5.74) is 2.71. The van der Waals surface area contributed by atoms with Crippen LogP contribution in [0.2, 0.25) is 5.02 Å². The largest absolute Gasteiger partial charge is 0.503 e. The van der Waals surface area contributed by atoms with E-state index < -0.39 is 0 Å². The second-order valence-corrected chi connectivity index (χ2v) is 6.51. The van der Waals surface area contributed by atoms with Gasteiger partial charge < -0.3 is 15.2 Å². The second kappa shape index (κ2) is 5.97. The molecule has 0 radical (unpaired) electrons. The van der Waals surface area contributed by atoms with Gasteiger partial charge in [-0.05, 0) is 40.1 Å². The number of aromatic hydroxyl groups is 1. The van der Waals surface area contributed by atoms with E-state index in [4.69, 9.17) is 16.3 Å². The van der Waals surface area contributed by atoms with Gasteiger partial charge in [-0.1, -0.05) is 41.9 Å². The zero-order valence-electron chi connectivity index (χ0n) is 13.5. The average molecular weight is 354 g/mol. The summed E-state index contributed by atoms with van der Waals surface area (Å²) in [6, 6.07) is 15.5. The minimum atomic E-state index is -0.165. The SMILES string of the molecule is COc1cc([C@@H]2CC(=O)Nc3ccc4ccccc4c32)cc(Cl)c1O. The summed E-state index contributed by atoms with van der Waals surface area (Å²) in [6.45, 7) is 0. The van der Waals surface area contributed by atoms with Crippen LogP contribution in [0.3, 0.4) is 0 Å². The lowest BCUT2D eigenvalue weighted by molar-refractivity contribution is -0.116. The molecule has 0 saturated heterocycles. The molecule has 0 aliphatic carbocycles. The Hall–Kier alpha value is -2.72. The number of hydrogen-bond donors (Lipinski definition) is 2. The Bertz CT molecular complexity index is 1000. The number of phenols is 1. The van der Waals surface area contributed by atoms with E-state index in [1.165, 1.54) is 7.11 Å². The third-order valence-electron chi connectivity index (χ3n) is 4.66. The molecule has 0 aromatic heterocycles. The van der Waals surface area contributed by atoms with Crippen LogP contribution in [0.25, 0.3) is 10.8 Å². The summed E-state index contributed by atoms with van der Waals surface area (Å²) in [5.74, 6) is -0.000570. The number of phenolic OH excluding ortho intramolecular Hbond substituents is 1. The number of carbonyl (C=O) groups is 1. The van der Waals surface area contributed by atoms with Crippen molar-refractivity contribution in [3.63, 3.8) is 0 Å². The number of nitrogens with one attached hydrogen (secondary N) is 1. The number of ether oxygens (including phenoxy) is 1. The summed E-state index contributed by atoms with van der Waals surface area (Å²) in [6.07, 6.45) is 0.311. The van der Waals surface area contributed by atoms with Crippen molar-refractivity contribution in [2.24, 2.45) is 0 Å². The van der Waals surface area contributed by atoms with Gasteiger partial charge in [0.05, 0.1) is 12.1 Å². The van der Waals surface area contributed by atoms with Crippen LogP contribution in [-0.2, 0) is 4.79 Å². The Balaban J connectivity index is 1.97. The van der Waals surface area contributed by atoms with Gasteiger partial charge in [-0.15, -0.1) is 0 Å². The van der Waals surface area contributed by atoms with Crippen LogP contribution in [0, 0.1) is 0 Å². The van der Waals surface area contributed by atoms with Crippen molar-refractivity contribution < 1.29 is 14.6 Å². The molecule has 126 valence electrons. The first-order chi connectivity index (χ1) is 12.1. The predicted molar refractivity (Wildman–Crippen MR) is 98.7 cm³/mol. The highest BCUT2D eigenvalue weighted by Crippen LogP contribution is 2.45. The molecule has 3 aromatic carbocycles. The summed E-state index contributed by atoms with van der Waals surface area (Å²) in [7, 11) is 1.48. The van der Waals surface area contributed by atoms with E-state index in [1.807, 2.05) is 30.3 Å². The molecule has 1 heterocycles. The zero-order valence-corrected chi connectivity index (χ0v) is 14.3. The maximum absolute atomic E-state index is 12.2. The summed E-state index contributed by atoms with van der Waals surface area (Å²) in [4.78, 5) is 12.2. The van der Waals surface area contributed by atoms with Crippen LogP contribution in [0.15, 0.2) is 48.5 Å². The molecular formula is C20H16ClNO3. The van der Waals surface area contributed by atoms with Gasteiger partial charge in [-0.25, -0.2) is 0 Å². The lowest BCUT2D eigenvalue weighted by Gasteiger charge is -2.28. The van der Waals surface area contributed by atoms with Crippen LogP contribution >= 0.6 is 11.6 Å². The van der Waals surface area contributed by atoms with Crippen molar-refractivity contribution in [2.75, 3.05) is 12.4 Å². The molecule has 1 aliphatic heterocycles. The van der Waals surface area contributed by atoms with Gasteiger partial charge >= 0.3 is 0 Å². The fourth-order valence-corrected chi connectivity index (χ4v) is 3.72. The molecule has 4 rings (SSSR count). The highest BCUT2D eigenvalue weighted by Gasteiger charge is 2.29. The van der Waals surface area contributed by atoms with Crippen LogP contribution < -0.4 is 10.1 Å². The van der Waals surface area contributed by atoms with Gasteiger partial charge in [0.15, 0.2) is 11.5 Å². The number of methoxy groups -OCH3 is 1. The number of benzene rings is 3. The molecule has 1 aliphatic rings. The number of anilines is 1. The fraction of sp³-hybridized carbons (Fsp3) is 0.150. The molecule has 0 fully saturated rings. The molecule has 0 unspecified atom stereocenters. The smallest absolute Gasteiger partial charge is 0.225 e. The number of hydrogen-bond acceptors (Lipinski definition) is 3. The molecule has 3 aromatic rings. The normalized spacial score (nSPS) is 16.4. The minimum Gasteiger partial charge on any atom is -0.503 e. The van der Waals surface area contributed by atoms with Gasteiger partial charge in [0.2, 0.25) is 5.91 Å². The van der Waals surface area contributed by atoms with Crippen molar-refractivity contribution in [1.29, 1.82) is 0 Å². The van der Waals surface area contributed by atoms with E-state index in [9.17, 15) is 9.90 Å². The molecule has 25 heavy (non-hydrogen) atoms. The monoisotopic (exact) mass is 353 g/mol. The Morgan fingerprint density at radius 1 is 1.20 bits per heavy atom. The van der Waals surface area contributed by atoms with Crippen LogP contribution in [0.4, 0.5) is 5.69 Å². The number of halogens is 1. The second-order valence-electron chi connectivity index (χ2n) is 6.11. The molecular weight excluding hydrogens is 338 g/mol. The fourth-order valence-electron chi connectivity index (χ4n) is 3.50. The number of fused-ring (bicyclic) bond motifs is 3. The molecule has 0 spiro atoms. The summed E-state index contributed by atoms with van der Waals surface area (Å²) in [5, 5.41) is 15.4. The number of carbonyl (C=O) groups excluding carboxylic acids is 1. The van der Waals surface area contributed by atoms with Gasteiger partial charge in [0.25, 0.3) is 0 Å². The van der Waals surface area contributed by atoms with Crippen molar-refractivity contribution >= 4 is 34.0 Å². The van der Waals surface area contributed by atoms with Gasteiger partial charge in [0, 0.05) is 18.0 Å². The maximum atomic E-state index is 12.2. The standard InChI is InChI=1S/C20H16ClNO3/c1-25-17-9-12(8-15(21)20(17)24)14-10-18(23)22-16-7-6-11-4-2-3-5-13(11)19(14)16/h2-9,14,24H,10H2,1H3,(H,22,23)/t14-/m0/s1. The van der Waals surface area contributed by atoms with Gasteiger partial charge in [-0.3, -0.25) is 4.79 Å². The molecule has 0 bridgehead atoms. The van der Waals surface area contributed by atoms with E-state index in [1.54, 1.807) is 12.1 Å². The van der Waals surface area contributed by atoms with Crippen molar-refractivity contribution in [2.45, 2.75) is 12.3 Å². The van der Waals surface area contributed by atoms with Crippen LogP contribution in [-0.4, -0.2) is 18.1 Å². The third-order valence-corrected chi connectivity index (χ3v) is 4.94. The van der Waals surface area contributed by atoms with Crippen LogP contribution in [0.5, 0.6) is 11.5 Å². The topological polar surface area (TPSA) is 58.6 Å². The minimum absolute atomic E-state index is 0.0454. The molecule has 5 heteroatoms. The Morgan fingerprint density at radius 2 is 2.00 bits per heavy atom. The molecule has 1 atom stereocenters. The van der Waals surface area contributed by atoms with Gasteiger partial charge in [0.1, 0.15) is 0 Å².